The first-order chi connectivity index (χ1) is 8.58. The van der Waals surface area contributed by atoms with Crippen molar-refractivity contribution in [3.63, 3.8) is 0 Å². The highest BCUT2D eigenvalue weighted by atomic mass is 79.9. The molecule has 0 aliphatic rings. The summed E-state index contributed by atoms with van der Waals surface area (Å²) in [7, 11) is 0. The van der Waals surface area contributed by atoms with Gasteiger partial charge in [0.1, 0.15) is 5.75 Å². The molecule has 0 unspecified atom stereocenters. The minimum absolute atomic E-state index is 0.465. The van der Waals surface area contributed by atoms with Gasteiger partial charge in [0, 0.05) is 6.20 Å². The molecule has 0 fully saturated rings. The summed E-state index contributed by atoms with van der Waals surface area (Å²) < 4.78 is 6.57. The van der Waals surface area contributed by atoms with Gasteiger partial charge in [-0.25, -0.2) is 0 Å². The number of benzene rings is 1. The van der Waals surface area contributed by atoms with Crippen LogP contribution in [0.3, 0.4) is 0 Å². The molecule has 0 saturated heterocycles. The Balaban J connectivity index is 2.31. The lowest BCUT2D eigenvalue weighted by Gasteiger charge is -2.12. The molecule has 0 bridgehead atoms. The maximum Gasteiger partial charge on any atom is 0.167 e. The van der Waals surface area contributed by atoms with Crippen molar-refractivity contribution in [1.82, 2.24) is 4.98 Å². The van der Waals surface area contributed by atoms with Crippen molar-refractivity contribution in [1.29, 1.82) is 0 Å². The number of aromatic nitrogens is 1. The van der Waals surface area contributed by atoms with Crippen LogP contribution >= 0.6 is 15.9 Å². The van der Waals surface area contributed by atoms with Crippen LogP contribution in [0.25, 0.3) is 0 Å². The summed E-state index contributed by atoms with van der Waals surface area (Å²) in [5.74, 6) is 1.84. The van der Waals surface area contributed by atoms with Crippen molar-refractivity contribution in [3.05, 3.63) is 46.7 Å². The Hall–Kier alpha value is -1.55. The van der Waals surface area contributed by atoms with E-state index >= 15 is 0 Å². The lowest BCUT2D eigenvalue weighted by atomic mass is 10.0. The lowest BCUT2D eigenvalue weighted by Crippen LogP contribution is -1.95. The van der Waals surface area contributed by atoms with E-state index in [9.17, 15) is 0 Å². The Morgan fingerprint density at radius 2 is 2.06 bits per heavy atom. The number of anilines is 1. The van der Waals surface area contributed by atoms with Gasteiger partial charge in [-0.2, -0.15) is 0 Å². The summed E-state index contributed by atoms with van der Waals surface area (Å²) in [4.78, 5) is 3.98. The highest BCUT2D eigenvalue weighted by Gasteiger charge is 2.08. The van der Waals surface area contributed by atoms with Crippen LogP contribution in [-0.4, -0.2) is 4.98 Å². The summed E-state index contributed by atoms with van der Waals surface area (Å²) in [5.41, 5.74) is 7.60. The fourth-order valence-corrected chi connectivity index (χ4v) is 2.03. The molecule has 2 N–H and O–H groups in total. The van der Waals surface area contributed by atoms with Gasteiger partial charge in [0.2, 0.25) is 0 Å². The van der Waals surface area contributed by atoms with Crippen molar-refractivity contribution < 1.29 is 4.74 Å². The number of nitrogen functional groups attached to an aromatic ring is 1. The third-order valence-electron chi connectivity index (χ3n) is 2.63. The highest BCUT2D eigenvalue weighted by Crippen LogP contribution is 2.34. The summed E-state index contributed by atoms with van der Waals surface area (Å²) >= 11 is 3.38. The van der Waals surface area contributed by atoms with Crippen molar-refractivity contribution in [3.8, 4) is 11.5 Å². The van der Waals surface area contributed by atoms with Crippen LogP contribution in [-0.2, 0) is 0 Å². The van der Waals surface area contributed by atoms with Gasteiger partial charge in [-0.05, 0) is 39.5 Å². The van der Waals surface area contributed by atoms with Crippen LogP contribution in [0.1, 0.15) is 25.3 Å². The standard InChI is InChI=1S/C14H15BrN2O/c1-9(2)10-4-3-5-11(6-10)18-14-12(15)7-17-8-13(14)16/h3-9H,16H2,1-2H3. The number of nitrogens with two attached hydrogens (primary N) is 1. The summed E-state index contributed by atoms with van der Waals surface area (Å²) in [6, 6.07) is 8.01. The second kappa shape index (κ2) is 5.40. The predicted molar refractivity (Wildman–Crippen MR) is 77.0 cm³/mol. The largest absolute Gasteiger partial charge is 0.454 e. The molecule has 1 heterocycles. The Kier molecular flexibility index (Phi) is 3.87. The molecule has 3 nitrogen and oxygen atoms in total. The molecule has 0 saturated carbocycles. The SMILES string of the molecule is CC(C)c1cccc(Oc2c(N)cncc2Br)c1. The monoisotopic (exact) mass is 306 g/mol. The van der Waals surface area contributed by atoms with E-state index in [0.29, 0.717) is 17.4 Å². The first-order valence-electron chi connectivity index (χ1n) is 5.74. The van der Waals surface area contributed by atoms with Crippen molar-refractivity contribution in [2.75, 3.05) is 5.73 Å². The average Bonchev–Trinajstić information content (AvgIpc) is 2.34. The fourth-order valence-electron chi connectivity index (χ4n) is 1.60. The Bertz CT molecular complexity index is 535. The van der Waals surface area contributed by atoms with Crippen molar-refractivity contribution in [2.45, 2.75) is 19.8 Å². The van der Waals surface area contributed by atoms with Crippen LogP contribution in [0.4, 0.5) is 5.69 Å². The first kappa shape index (κ1) is 12.9. The smallest absolute Gasteiger partial charge is 0.167 e. The van der Waals surface area contributed by atoms with Crippen LogP contribution < -0.4 is 10.5 Å². The normalized spacial score (nSPS) is 10.7. The molecule has 1 aromatic heterocycles. The van der Waals surface area contributed by atoms with Crippen LogP contribution in [0, 0.1) is 0 Å². The number of hydrogen-bond donors (Lipinski definition) is 1. The second-order valence-electron chi connectivity index (χ2n) is 4.37. The number of rotatable bonds is 3. The Morgan fingerprint density at radius 3 is 2.72 bits per heavy atom. The maximum atomic E-state index is 5.85. The molecule has 0 radical (unpaired) electrons. The third kappa shape index (κ3) is 2.82. The van der Waals surface area contributed by atoms with Gasteiger partial charge in [0.05, 0.1) is 16.4 Å². The summed E-state index contributed by atoms with van der Waals surface area (Å²) in [6.45, 7) is 4.30. The van der Waals surface area contributed by atoms with E-state index in [2.05, 4.69) is 40.8 Å². The molecule has 4 heteroatoms. The first-order valence-corrected chi connectivity index (χ1v) is 6.54. The van der Waals surface area contributed by atoms with E-state index in [1.54, 1.807) is 12.4 Å². The molecule has 1 aromatic carbocycles. The van der Waals surface area contributed by atoms with Gasteiger partial charge >= 0.3 is 0 Å². The van der Waals surface area contributed by atoms with E-state index in [-0.39, 0.29) is 0 Å². The van der Waals surface area contributed by atoms with Gasteiger partial charge in [0.15, 0.2) is 5.75 Å². The number of nitrogens with zero attached hydrogens (tertiary/aromatic N) is 1. The minimum Gasteiger partial charge on any atom is -0.454 e. The summed E-state index contributed by atoms with van der Waals surface area (Å²) in [5, 5.41) is 0. The molecule has 2 aromatic rings. The fraction of sp³-hybridized carbons (Fsp3) is 0.214. The van der Waals surface area contributed by atoms with E-state index in [4.69, 9.17) is 10.5 Å². The van der Waals surface area contributed by atoms with Gasteiger partial charge in [0.25, 0.3) is 0 Å². The topological polar surface area (TPSA) is 48.1 Å². The Morgan fingerprint density at radius 1 is 1.28 bits per heavy atom. The molecule has 0 atom stereocenters. The molecule has 0 amide bonds. The minimum atomic E-state index is 0.465. The molecule has 0 aliphatic heterocycles. The third-order valence-corrected chi connectivity index (χ3v) is 3.19. The zero-order valence-corrected chi connectivity index (χ0v) is 11.9. The van der Waals surface area contributed by atoms with Crippen molar-refractivity contribution in [2.24, 2.45) is 0 Å². The van der Waals surface area contributed by atoms with Crippen LogP contribution in [0.5, 0.6) is 11.5 Å². The molecule has 0 aliphatic carbocycles. The number of halogens is 1. The Labute approximate surface area is 115 Å². The van der Waals surface area contributed by atoms with E-state index in [0.717, 1.165) is 10.2 Å². The van der Waals surface area contributed by atoms with E-state index < -0.39 is 0 Å². The number of ether oxygens (including phenoxy) is 1. The van der Waals surface area contributed by atoms with Gasteiger partial charge in [-0.1, -0.05) is 26.0 Å². The van der Waals surface area contributed by atoms with Gasteiger partial charge in [-0.15, -0.1) is 0 Å². The van der Waals surface area contributed by atoms with E-state index in [1.165, 1.54) is 5.56 Å². The van der Waals surface area contributed by atoms with Crippen LogP contribution in [0.2, 0.25) is 0 Å². The zero-order chi connectivity index (χ0) is 13.1. The highest BCUT2D eigenvalue weighted by molar-refractivity contribution is 9.10. The van der Waals surface area contributed by atoms with Gasteiger partial charge in [-0.3, -0.25) is 4.98 Å². The lowest BCUT2D eigenvalue weighted by molar-refractivity contribution is 0.480. The molecular formula is C14H15BrN2O. The van der Waals surface area contributed by atoms with Gasteiger partial charge < -0.3 is 10.5 Å². The second-order valence-corrected chi connectivity index (χ2v) is 5.22. The molecule has 18 heavy (non-hydrogen) atoms. The molecule has 0 spiro atoms. The molecular weight excluding hydrogens is 292 g/mol. The number of pyridine rings is 1. The average molecular weight is 307 g/mol. The molecule has 94 valence electrons. The quantitative estimate of drug-likeness (QED) is 0.917. The van der Waals surface area contributed by atoms with Crippen LogP contribution in [0.15, 0.2) is 41.1 Å². The van der Waals surface area contributed by atoms with Crippen molar-refractivity contribution >= 4 is 21.6 Å². The van der Waals surface area contributed by atoms with E-state index in [1.807, 2.05) is 18.2 Å². The summed E-state index contributed by atoms with van der Waals surface area (Å²) in [6.07, 6.45) is 3.24. The predicted octanol–water partition coefficient (Wildman–Crippen LogP) is 4.34. The zero-order valence-electron chi connectivity index (χ0n) is 10.4. The molecule has 2 rings (SSSR count). The number of hydrogen-bond acceptors (Lipinski definition) is 3. The maximum absolute atomic E-state index is 5.85.